The summed E-state index contributed by atoms with van der Waals surface area (Å²) >= 11 is 0. The number of hydrogen-bond acceptors (Lipinski definition) is 14. The maximum Gasteiger partial charge on any atom is 0.237 e. The molecule has 0 spiro atoms. The van der Waals surface area contributed by atoms with Gasteiger partial charge in [0.1, 0.15) is 0 Å². The van der Waals surface area contributed by atoms with Gasteiger partial charge in [-0.15, -0.1) is 0 Å². The molecular formula is C28H50N8O10. The molecule has 10 N–H and O–H groups in total. The van der Waals surface area contributed by atoms with Crippen LogP contribution < -0.4 is 39.0 Å². The highest BCUT2D eigenvalue weighted by Gasteiger charge is 2.29. The Kier molecular flexibility index (Phi) is 23.8. The first-order valence-corrected chi connectivity index (χ1v) is 14.9. The van der Waals surface area contributed by atoms with E-state index < -0.39 is 23.8 Å². The van der Waals surface area contributed by atoms with Gasteiger partial charge in [0.05, 0.1) is 78.6 Å². The number of carbonyl (C=O) groups is 4. The van der Waals surface area contributed by atoms with Crippen molar-refractivity contribution in [2.24, 2.45) is 17.7 Å². The molecule has 1 atom stereocenters. The SMILES string of the molecule is CC(=O)NCc1ccc(C[C@@H](C(=O)NCCOCCON)N(CC(=O)NCCOCCON)CC(=O)NCCOCCON)cc1. The van der Waals surface area contributed by atoms with Crippen molar-refractivity contribution in [1.82, 2.24) is 26.2 Å². The Labute approximate surface area is 269 Å². The van der Waals surface area contributed by atoms with Crippen LogP contribution in [-0.2, 0) is 60.9 Å². The van der Waals surface area contributed by atoms with Crippen LogP contribution in [0, 0.1) is 0 Å². The molecule has 0 aromatic heterocycles. The molecule has 0 bridgehead atoms. The normalized spacial score (nSPS) is 11.7. The molecule has 1 aromatic carbocycles. The van der Waals surface area contributed by atoms with E-state index in [-0.39, 0.29) is 105 Å². The number of ether oxygens (including phenoxy) is 3. The van der Waals surface area contributed by atoms with Gasteiger partial charge in [0.25, 0.3) is 0 Å². The Bertz CT molecular complexity index is 960. The van der Waals surface area contributed by atoms with Crippen LogP contribution in [0.2, 0.25) is 0 Å². The maximum absolute atomic E-state index is 13.6. The molecule has 0 heterocycles. The van der Waals surface area contributed by atoms with Crippen LogP contribution in [0.3, 0.4) is 0 Å². The number of nitrogens with two attached hydrogens (primary N) is 3. The highest BCUT2D eigenvalue weighted by molar-refractivity contribution is 5.86. The van der Waals surface area contributed by atoms with Gasteiger partial charge in [-0.05, 0) is 17.5 Å². The molecule has 0 aliphatic carbocycles. The summed E-state index contributed by atoms with van der Waals surface area (Å²) in [7, 11) is 0. The Morgan fingerprint density at radius 3 is 1.50 bits per heavy atom. The summed E-state index contributed by atoms with van der Waals surface area (Å²) in [6.45, 7) is 3.86. The monoisotopic (exact) mass is 658 g/mol. The summed E-state index contributed by atoms with van der Waals surface area (Å²) in [4.78, 5) is 65.6. The van der Waals surface area contributed by atoms with E-state index in [2.05, 4.69) is 35.8 Å². The second-order valence-corrected chi connectivity index (χ2v) is 9.79. The summed E-state index contributed by atoms with van der Waals surface area (Å²) in [5.41, 5.74) is 1.65. The van der Waals surface area contributed by atoms with Gasteiger partial charge >= 0.3 is 0 Å². The molecule has 0 fully saturated rings. The molecule has 1 aromatic rings. The predicted molar refractivity (Wildman–Crippen MR) is 165 cm³/mol. The molecule has 262 valence electrons. The minimum absolute atomic E-state index is 0.153. The Hall–Kier alpha value is -3.30. The lowest BCUT2D eigenvalue weighted by Crippen LogP contribution is -2.54. The Morgan fingerprint density at radius 2 is 1.07 bits per heavy atom. The first-order chi connectivity index (χ1) is 22.3. The van der Waals surface area contributed by atoms with Gasteiger partial charge < -0.3 is 50.0 Å². The summed E-state index contributed by atoms with van der Waals surface area (Å²) in [5.74, 6) is 13.6. The van der Waals surface area contributed by atoms with Crippen molar-refractivity contribution >= 4 is 23.6 Å². The zero-order valence-electron chi connectivity index (χ0n) is 26.5. The Morgan fingerprint density at radius 1 is 0.630 bits per heavy atom. The van der Waals surface area contributed by atoms with Crippen LogP contribution >= 0.6 is 0 Å². The standard InChI is InChI=1S/C28H50N8O10/c1-22(37)35-19-24-4-2-23(3-5-24)18-25(28(40)34-8-11-43-14-17-46-31)36(20-26(38)32-6-9-41-12-15-44-29)21-27(39)33-7-10-42-13-16-45-30/h2-5,25H,6-21,29-31H2,1H3,(H,32,38)(H,33,39)(H,34,40)(H,35,37)/t25-/m0/s1. The number of hydrogen-bond donors (Lipinski definition) is 7. The highest BCUT2D eigenvalue weighted by atomic mass is 16.6. The van der Waals surface area contributed by atoms with Crippen molar-refractivity contribution in [3.05, 3.63) is 35.4 Å². The lowest BCUT2D eigenvalue weighted by Gasteiger charge is -2.30. The lowest BCUT2D eigenvalue weighted by atomic mass is 10.0. The van der Waals surface area contributed by atoms with Gasteiger partial charge in [-0.1, -0.05) is 24.3 Å². The van der Waals surface area contributed by atoms with Crippen molar-refractivity contribution in [3.8, 4) is 0 Å². The van der Waals surface area contributed by atoms with Gasteiger partial charge in [-0.3, -0.25) is 24.1 Å². The second-order valence-electron chi connectivity index (χ2n) is 9.79. The third-order valence-corrected chi connectivity index (χ3v) is 6.15. The summed E-state index contributed by atoms with van der Waals surface area (Å²) < 4.78 is 16.0. The second kappa shape index (κ2) is 26.9. The molecule has 0 aliphatic rings. The molecule has 0 saturated heterocycles. The number of carbonyl (C=O) groups excluding carboxylic acids is 4. The predicted octanol–water partition coefficient (Wildman–Crippen LogP) is -3.39. The van der Waals surface area contributed by atoms with Crippen LogP contribution in [0.1, 0.15) is 18.1 Å². The first kappa shape index (κ1) is 40.7. The minimum Gasteiger partial charge on any atom is -0.377 e. The molecule has 0 aliphatic heterocycles. The molecule has 0 saturated carbocycles. The van der Waals surface area contributed by atoms with Gasteiger partial charge in [-0.25, -0.2) is 17.7 Å². The largest absolute Gasteiger partial charge is 0.377 e. The van der Waals surface area contributed by atoms with E-state index in [9.17, 15) is 19.2 Å². The fourth-order valence-electron chi connectivity index (χ4n) is 3.90. The maximum atomic E-state index is 13.6. The van der Waals surface area contributed by atoms with Gasteiger partial charge in [0.15, 0.2) is 0 Å². The van der Waals surface area contributed by atoms with Crippen molar-refractivity contribution in [2.75, 3.05) is 92.2 Å². The number of rotatable bonds is 28. The van der Waals surface area contributed by atoms with Gasteiger partial charge in [0, 0.05) is 33.1 Å². The fourth-order valence-corrected chi connectivity index (χ4v) is 3.90. The van der Waals surface area contributed by atoms with Gasteiger partial charge in [-0.2, -0.15) is 0 Å². The molecule has 4 amide bonds. The van der Waals surface area contributed by atoms with Crippen LogP contribution in [-0.4, -0.2) is 127 Å². The zero-order valence-corrected chi connectivity index (χ0v) is 26.5. The van der Waals surface area contributed by atoms with E-state index in [1.807, 2.05) is 24.3 Å². The third-order valence-electron chi connectivity index (χ3n) is 6.15. The Balaban J connectivity index is 3.06. The number of nitrogens with one attached hydrogen (secondary N) is 4. The number of nitrogens with zero attached hydrogens (tertiary/aromatic N) is 1. The van der Waals surface area contributed by atoms with E-state index in [1.54, 1.807) is 0 Å². The van der Waals surface area contributed by atoms with Crippen LogP contribution in [0.5, 0.6) is 0 Å². The zero-order chi connectivity index (χ0) is 33.8. The van der Waals surface area contributed by atoms with E-state index in [4.69, 9.17) is 31.9 Å². The number of benzene rings is 1. The van der Waals surface area contributed by atoms with Crippen LogP contribution in [0.4, 0.5) is 0 Å². The highest BCUT2D eigenvalue weighted by Crippen LogP contribution is 2.12. The summed E-state index contributed by atoms with van der Waals surface area (Å²) in [6, 6.07) is 6.42. The van der Waals surface area contributed by atoms with Crippen LogP contribution in [0.15, 0.2) is 24.3 Å². The third kappa shape index (κ3) is 20.7. The molecular weight excluding hydrogens is 608 g/mol. The quantitative estimate of drug-likeness (QED) is 0.0343. The smallest absolute Gasteiger partial charge is 0.237 e. The molecule has 0 unspecified atom stereocenters. The first-order valence-electron chi connectivity index (χ1n) is 14.9. The van der Waals surface area contributed by atoms with Crippen LogP contribution in [0.25, 0.3) is 0 Å². The topological polar surface area (TPSA) is 253 Å². The summed E-state index contributed by atoms with van der Waals surface area (Å²) in [5, 5.41) is 11.0. The molecule has 18 heteroatoms. The van der Waals surface area contributed by atoms with E-state index >= 15 is 0 Å². The average molecular weight is 659 g/mol. The van der Waals surface area contributed by atoms with Crippen molar-refractivity contribution in [1.29, 1.82) is 0 Å². The average Bonchev–Trinajstić information content (AvgIpc) is 3.04. The lowest BCUT2D eigenvalue weighted by molar-refractivity contribution is -0.131. The molecule has 0 radical (unpaired) electrons. The van der Waals surface area contributed by atoms with E-state index in [0.29, 0.717) is 6.54 Å². The fraction of sp³-hybridized carbons (Fsp3) is 0.643. The number of amides is 4. The molecule has 18 nitrogen and oxygen atoms in total. The van der Waals surface area contributed by atoms with Crippen molar-refractivity contribution < 1.29 is 47.9 Å². The molecule has 46 heavy (non-hydrogen) atoms. The summed E-state index contributed by atoms with van der Waals surface area (Å²) in [6.07, 6.45) is 0.180. The van der Waals surface area contributed by atoms with E-state index in [1.165, 1.54) is 11.8 Å². The van der Waals surface area contributed by atoms with Gasteiger partial charge in [0.2, 0.25) is 23.6 Å². The van der Waals surface area contributed by atoms with Crippen molar-refractivity contribution in [2.45, 2.75) is 25.9 Å². The van der Waals surface area contributed by atoms with Crippen molar-refractivity contribution in [3.63, 3.8) is 0 Å². The molecule has 1 rings (SSSR count). The minimum atomic E-state index is -0.916. The van der Waals surface area contributed by atoms with E-state index in [0.717, 1.165) is 11.1 Å².